The largest absolute Gasteiger partial charge is 0.465 e. The van der Waals surface area contributed by atoms with Crippen LogP contribution in [0.2, 0.25) is 5.02 Å². The van der Waals surface area contributed by atoms with Crippen LogP contribution in [0.1, 0.15) is 36.7 Å². The molecule has 0 N–H and O–H groups in total. The molecule has 1 aromatic heterocycles. The summed E-state index contributed by atoms with van der Waals surface area (Å²) in [6.07, 6.45) is 3.16. The lowest BCUT2D eigenvalue weighted by atomic mass is 10.0. The number of benzene rings is 2. The molecule has 1 atom stereocenters. The Morgan fingerprint density at radius 3 is 2.50 bits per heavy atom. The zero-order valence-electron chi connectivity index (χ0n) is 18.2. The number of carbonyl (C=O) groups excluding carboxylic acids is 1. The lowest BCUT2D eigenvalue weighted by Gasteiger charge is -2.15. The van der Waals surface area contributed by atoms with E-state index in [1.807, 2.05) is 63.2 Å². The Morgan fingerprint density at radius 1 is 1.12 bits per heavy atom. The van der Waals surface area contributed by atoms with Crippen LogP contribution in [0.25, 0.3) is 11.1 Å². The summed E-state index contributed by atoms with van der Waals surface area (Å²) in [7, 11) is -0.100. The predicted octanol–water partition coefficient (Wildman–Crippen LogP) is 6.22. The average Bonchev–Trinajstić information content (AvgIpc) is 2.79. The number of esters is 1. The molecule has 8 heteroatoms. The summed E-state index contributed by atoms with van der Waals surface area (Å²) < 4.78 is 21.1. The van der Waals surface area contributed by atoms with Crippen molar-refractivity contribution in [1.82, 2.24) is 4.98 Å². The molecule has 2 aromatic carbocycles. The Labute approximate surface area is 199 Å². The van der Waals surface area contributed by atoms with Crippen molar-refractivity contribution in [2.75, 3.05) is 7.11 Å². The highest BCUT2D eigenvalue weighted by atomic mass is 35.5. The van der Waals surface area contributed by atoms with Crippen LogP contribution in [0, 0.1) is 0 Å². The van der Waals surface area contributed by atoms with E-state index < -0.39 is 21.7 Å². The molecule has 0 saturated carbocycles. The Bertz CT molecular complexity index is 1180. The van der Waals surface area contributed by atoms with E-state index in [-0.39, 0.29) is 0 Å². The third-order valence-corrected chi connectivity index (χ3v) is 7.41. The van der Waals surface area contributed by atoms with Crippen LogP contribution >= 0.6 is 23.4 Å². The molecule has 0 amide bonds. The minimum Gasteiger partial charge on any atom is -0.465 e. The topological polar surface area (TPSA) is 68.6 Å². The summed E-state index contributed by atoms with van der Waals surface area (Å²) >= 11 is 8.11. The van der Waals surface area contributed by atoms with Gasteiger partial charge in [0.25, 0.3) is 0 Å². The summed E-state index contributed by atoms with van der Waals surface area (Å²) in [5.74, 6) is -0.486. The van der Waals surface area contributed by atoms with Crippen molar-refractivity contribution in [3.8, 4) is 11.1 Å². The van der Waals surface area contributed by atoms with Crippen LogP contribution in [-0.4, -0.2) is 33.2 Å². The molecule has 0 aliphatic heterocycles. The summed E-state index contributed by atoms with van der Waals surface area (Å²) in [6.45, 7) is 5.58. The van der Waals surface area contributed by atoms with Crippen molar-refractivity contribution in [2.45, 2.75) is 35.4 Å². The maximum Gasteiger partial charge on any atom is 0.340 e. The van der Waals surface area contributed by atoms with Crippen LogP contribution in [0.4, 0.5) is 0 Å². The van der Waals surface area contributed by atoms with Crippen LogP contribution in [-0.2, 0) is 15.7 Å². The van der Waals surface area contributed by atoms with Crippen molar-refractivity contribution < 1.29 is 13.7 Å². The normalized spacial score (nSPS) is 12.7. The van der Waals surface area contributed by atoms with Gasteiger partial charge in [-0.15, -0.1) is 0 Å². The molecule has 0 aliphatic carbocycles. The Hall–Kier alpha value is -2.48. The number of hydrogen-bond donors (Lipinski definition) is 0. The maximum atomic E-state index is 12.5. The fourth-order valence-corrected chi connectivity index (χ4v) is 4.64. The molecule has 32 heavy (non-hydrogen) atoms. The van der Waals surface area contributed by atoms with Gasteiger partial charge in [-0.25, -0.2) is 14.0 Å². The van der Waals surface area contributed by atoms with E-state index in [4.69, 9.17) is 16.3 Å². The number of pyridine rings is 1. The van der Waals surface area contributed by atoms with Crippen LogP contribution in [0.3, 0.4) is 0 Å². The van der Waals surface area contributed by atoms with Crippen molar-refractivity contribution in [3.05, 3.63) is 76.9 Å². The van der Waals surface area contributed by atoms with Crippen LogP contribution in [0.15, 0.2) is 75.1 Å². The van der Waals surface area contributed by atoms with Gasteiger partial charge in [-0.3, -0.25) is 0 Å². The monoisotopic (exact) mass is 486 g/mol. The van der Waals surface area contributed by atoms with Crippen LogP contribution in [0.5, 0.6) is 0 Å². The van der Waals surface area contributed by atoms with Gasteiger partial charge >= 0.3 is 5.97 Å². The average molecular weight is 487 g/mol. The molecule has 1 unspecified atom stereocenters. The minimum absolute atomic E-state index is 0.335. The van der Waals surface area contributed by atoms with Gasteiger partial charge in [-0.1, -0.05) is 65.8 Å². The molecule has 3 rings (SSSR count). The highest BCUT2D eigenvalue weighted by Crippen LogP contribution is 2.41. The standard InChI is InChI=1S/C24H23ClN2O3S2/c1-24(2,3)32(29)27-15-17-12-13-18(16-9-6-5-7-10-16)20(25)21(17)31-22-19(23(28)30-4)11-8-14-26-22/h5-15H,1-4H3/b27-15-. The molecular weight excluding hydrogens is 464 g/mol. The number of rotatable bonds is 6. The molecule has 0 spiro atoms. The maximum absolute atomic E-state index is 12.5. The van der Waals surface area contributed by atoms with Crippen molar-refractivity contribution in [2.24, 2.45) is 4.40 Å². The number of hydrogen-bond acceptors (Lipinski definition) is 5. The fourth-order valence-electron chi connectivity index (χ4n) is 2.71. The molecule has 0 saturated heterocycles. The Morgan fingerprint density at radius 2 is 1.84 bits per heavy atom. The molecule has 166 valence electrons. The Balaban J connectivity index is 2.14. The van der Waals surface area contributed by atoms with Gasteiger partial charge < -0.3 is 4.74 Å². The highest BCUT2D eigenvalue weighted by molar-refractivity contribution is 7.99. The quantitative estimate of drug-likeness (QED) is 0.305. The van der Waals surface area contributed by atoms with E-state index >= 15 is 0 Å². The van der Waals surface area contributed by atoms with Gasteiger partial charge in [0.2, 0.25) is 0 Å². The van der Waals surface area contributed by atoms with E-state index in [0.717, 1.165) is 11.1 Å². The van der Waals surface area contributed by atoms with Gasteiger partial charge in [0.1, 0.15) is 16.0 Å². The second-order valence-electron chi connectivity index (χ2n) is 7.76. The third kappa shape index (κ3) is 5.65. The van der Waals surface area contributed by atoms with Gasteiger partial charge in [0.15, 0.2) is 0 Å². The van der Waals surface area contributed by atoms with Gasteiger partial charge in [-0.05, 0) is 38.5 Å². The zero-order valence-corrected chi connectivity index (χ0v) is 20.6. The van der Waals surface area contributed by atoms with Crippen LogP contribution < -0.4 is 0 Å². The van der Waals surface area contributed by atoms with E-state index in [9.17, 15) is 9.00 Å². The van der Waals surface area contributed by atoms with E-state index in [0.29, 0.717) is 26.1 Å². The molecule has 1 heterocycles. The van der Waals surface area contributed by atoms with E-state index in [1.165, 1.54) is 18.9 Å². The smallest absolute Gasteiger partial charge is 0.340 e. The molecule has 0 bridgehead atoms. The lowest BCUT2D eigenvalue weighted by Crippen LogP contribution is -2.19. The number of nitrogens with zero attached hydrogens (tertiary/aromatic N) is 2. The van der Waals surface area contributed by atoms with Gasteiger partial charge in [0.05, 0.1) is 22.4 Å². The lowest BCUT2D eigenvalue weighted by molar-refractivity contribution is 0.0596. The van der Waals surface area contributed by atoms with E-state index in [2.05, 4.69) is 9.38 Å². The van der Waals surface area contributed by atoms with Gasteiger partial charge in [0, 0.05) is 28.4 Å². The third-order valence-electron chi connectivity index (χ3n) is 4.40. The molecule has 3 aromatic rings. The molecular formula is C24H23ClN2O3S2. The number of ether oxygens (including phenoxy) is 1. The first-order valence-corrected chi connectivity index (χ1v) is 12.1. The summed E-state index contributed by atoms with van der Waals surface area (Å²) in [6, 6.07) is 16.9. The van der Waals surface area contributed by atoms with Crippen molar-refractivity contribution >= 4 is 46.5 Å². The van der Waals surface area contributed by atoms with Crippen molar-refractivity contribution in [3.63, 3.8) is 0 Å². The SMILES string of the molecule is COC(=O)c1cccnc1Sc1c(/C=N\S(=O)C(C)(C)C)ccc(-c2ccccc2)c1Cl. The molecule has 0 fully saturated rings. The molecule has 0 radical (unpaired) electrons. The first-order chi connectivity index (χ1) is 15.2. The second-order valence-corrected chi connectivity index (χ2v) is 11.1. The van der Waals surface area contributed by atoms with Crippen molar-refractivity contribution in [1.29, 1.82) is 0 Å². The summed E-state index contributed by atoms with van der Waals surface area (Å²) in [4.78, 5) is 17.3. The Kier molecular flexibility index (Phi) is 7.87. The predicted molar refractivity (Wildman–Crippen MR) is 132 cm³/mol. The fraction of sp³-hybridized carbons (Fsp3) is 0.208. The van der Waals surface area contributed by atoms with E-state index in [1.54, 1.807) is 24.5 Å². The second kappa shape index (κ2) is 10.4. The summed E-state index contributed by atoms with van der Waals surface area (Å²) in [5, 5.41) is 0.950. The zero-order chi connectivity index (χ0) is 23.3. The van der Waals surface area contributed by atoms with Gasteiger partial charge in [-0.2, -0.15) is 4.40 Å². The first-order valence-electron chi connectivity index (χ1n) is 9.77. The first kappa shape index (κ1) is 24.2. The summed E-state index contributed by atoms with van der Waals surface area (Å²) in [5.41, 5.74) is 2.80. The number of carbonyl (C=O) groups is 1. The minimum atomic E-state index is -1.43. The highest BCUT2D eigenvalue weighted by Gasteiger charge is 2.21. The number of methoxy groups -OCH3 is 1. The molecule has 5 nitrogen and oxygen atoms in total. The number of halogens is 1. The number of aromatic nitrogens is 1. The molecule has 0 aliphatic rings.